The Hall–Kier alpha value is -3.31. The van der Waals surface area contributed by atoms with Gasteiger partial charge in [0.2, 0.25) is 5.91 Å². The molecule has 1 fully saturated rings. The summed E-state index contributed by atoms with van der Waals surface area (Å²) in [6.45, 7) is 2.49. The van der Waals surface area contributed by atoms with Gasteiger partial charge in [-0.05, 0) is 33.7 Å². The molecule has 1 aliphatic heterocycles. The summed E-state index contributed by atoms with van der Waals surface area (Å²) in [6.07, 6.45) is -2.62. The van der Waals surface area contributed by atoms with Gasteiger partial charge in [-0.3, -0.25) is 9.69 Å². The van der Waals surface area contributed by atoms with Crippen LogP contribution < -0.4 is 5.32 Å². The highest BCUT2D eigenvalue weighted by Crippen LogP contribution is 2.31. The molecule has 0 radical (unpaired) electrons. The number of hydrogen-bond donors (Lipinski definition) is 1. The van der Waals surface area contributed by atoms with E-state index in [-0.39, 0.29) is 18.5 Å². The summed E-state index contributed by atoms with van der Waals surface area (Å²) in [7, 11) is 0. The number of morpholine rings is 1. The lowest BCUT2D eigenvalue weighted by atomic mass is 10.0. The van der Waals surface area contributed by atoms with Crippen LogP contribution in [0, 0.1) is 0 Å². The fraction of sp³-hybridized carbons (Fsp3) is 0.391. The number of ether oxygens (including phenoxy) is 1. The summed E-state index contributed by atoms with van der Waals surface area (Å²) in [5, 5.41) is 14.2. The summed E-state index contributed by atoms with van der Waals surface area (Å²) in [4.78, 5) is 15.3. The van der Waals surface area contributed by atoms with Crippen molar-refractivity contribution >= 4 is 5.91 Å². The Morgan fingerprint density at radius 1 is 1.06 bits per heavy atom. The van der Waals surface area contributed by atoms with Gasteiger partial charge in [-0.2, -0.15) is 13.2 Å². The Kier molecular flexibility index (Phi) is 7.53. The first-order chi connectivity index (χ1) is 16.4. The molecule has 8 nitrogen and oxygen atoms in total. The highest BCUT2D eigenvalue weighted by Gasteiger charge is 2.31. The van der Waals surface area contributed by atoms with E-state index in [1.807, 2.05) is 30.3 Å². The predicted molar refractivity (Wildman–Crippen MR) is 117 cm³/mol. The van der Waals surface area contributed by atoms with Crippen LogP contribution in [0.15, 0.2) is 60.9 Å². The van der Waals surface area contributed by atoms with Crippen LogP contribution in [0.3, 0.4) is 0 Å². The quantitative estimate of drug-likeness (QED) is 0.541. The largest absolute Gasteiger partial charge is 0.416 e. The van der Waals surface area contributed by atoms with Gasteiger partial charge in [-0.15, -0.1) is 5.10 Å². The highest BCUT2D eigenvalue weighted by molar-refractivity contribution is 5.80. The van der Waals surface area contributed by atoms with E-state index in [4.69, 9.17) is 4.74 Å². The van der Waals surface area contributed by atoms with Gasteiger partial charge in [-0.1, -0.05) is 42.5 Å². The molecule has 0 bridgehead atoms. The van der Waals surface area contributed by atoms with Gasteiger partial charge in [0.05, 0.1) is 24.8 Å². The molecular formula is C23H25F3N6O2. The second-order valence-electron chi connectivity index (χ2n) is 8.02. The topological polar surface area (TPSA) is 85.2 Å². The highest BCUT2D eigenvalue weighted by atomic mass is 19.4. The minimum absolute atomic E-state index is 0.220. The number of tetrazole rings is 1. The number of alkyl halides is 3. The smallest absolute Gasteiger partial charge is 0.379 e. The number of hydrogen-bond acceptors (Lipinski definition) is 6. The number of nitrogens with zero attached hydrogens (tertiary/aromatic N) is 5. The van der Waals surface area contributed by atoms with Gasteiger partial charge in [0, 0.05) is 26.1 Å². The molecule has 4 rings (SSSR count). The molecule has 1 saturated heterocycles. The average molecular weight is 474 g/mol. The lowest BCUT2D eigenvalue weighted by Gasteiger charge is -2.35. The van der Waals surface area contributed by atoms with E-state index in [1.165, 1.54) is 23.1 Å². The Labute approximate surface area is 194 Å². The summed E-state index contributed by atoms with van der Waals surface area (Å²) >= 11 is 0. The maximum atomic E-state index is 13.2. The van der Waals surface area contributed by atoms with E-state index >= 15 is 0 Å². The molecule has 2 aromatic carbocycles. The molecule has 2 atom stereocenters. The van der Waals surface area contributed by atoms with Crippen molar-refractivity contribution in [2.24, 2.45) is 0 Å². The Balaban J connectivity index is 1.51. The number of rotatable bonds is 8. The number of carbonyl (C=O) groups excluding carboxylic acids is 1. The van der Waals surface area contributed by atoms with E-state index in [9.17, 15) is 18.0 Å². The second kappa shape index (κ2) is 10.7. The zero-order chi connectivity index (χ0) is 24.0. The van der Waals surface area contributed by atoms with Crippen LogP contribution in [0.5, 0.6) is 0 Å². The van der Waals surface area contributed by atoms with Crippen LogP contribution >= 0.6 is 0 Å². The molecule has 1 amide bonds. The SMILES string of the molecule is O=C(NCC(c1ccc(C(F)(F)F)cc1)N1CCOCC1)C(Cc1ccccc1)n1cnnn1. The van der Waals surface area contributed by atoms with Crippen molar-refractivity contribution in [1.29, 1.82) is 0 Å². The van der Waals surface area contributed by atoms with Crippen LogP contribution in [-0.4, -0.2) is 63.9 Å². The van der Waals surface area contributed by atoms with Crippen molar-refractivity contribution < 1.29 is 22.7 Å². The number of aromatic nitrogens is 4. The molecule has 2 unspecified atom stereocenters. The summed E-state index contributed by atoms with van der Waals surface area (Å²) in [5.74, 6) is -0.277. The fourth-order valence-corrected chi connectivity index (χ4v) is 4.01. The van der Waals surface area contributed by atoms with E-state index in [2.05, 4.69) is 25.7 Å². The molecule has 1 N–H and O–H groups in total. The molecule has 11 heteroatoms. The standard InChI is InChI=1S/C23H25F3N6O2/c24-23(25,26)19-8-6-18(7-9-19)21(31-10-12-34-13-11-31)15-27-22(33)20(32-16-28-29-30-32)14-17-4-2-1-3-5-17/h1-9,16,20-21H,10-15H2,(H,27,33). The Morgan fingerprint density at radius 3 is 2.38 bits per heavy atom. The van der Waals surface area contributed by atoms with Crippen LogP contribution in [0.25, 0.3) is 0 Å². The van der Waals surface area contributed by atoms with Gasteiger partial charge in [0.1, 0.15) is 12.4 Å². The van der Waals surface area contributed by atoms with Crippen molar-refractivity contribution in [1.82, 2.24) is 30.4 Å². The normalized spacial score (nSPS) is 16.7. The third-order valence-electron chi connectivity index (χ3n) is 5.84. The molecule has 0 saturated carbocycles. The van der Waals surface area contributed by atoms with Gasteiger partial charge < -0.3 is 10.1 Å². The van der Waals surface area contributed by atoms with E-state index in [0.717, 1.165) is 17.7 Å². The van der Waals surface area contributed by atoms with Crippen LogP contribution in [0.4, 0.5) is 13.2 Å². The fourth-order valence-electron chi connectivity index (χ4n) is 4.01. The third kappa shape index (κ3) is 5.97. The minimum atomic E-state index is -4.41. The van der Waals surface area contributed by atoms with E-state index in [0.29, 0.717) is 38.3 Å². The summed E-state index contributed by atoms with van der Waals surface area (Å²) < 4.78 is 45.9. The van der Waals surface area contributed by atoms with Gasteiger partial charge in [0.25, 0.3) is 0 Å². The van der Waals surface area contributed by atoms with Crippen molar-refractivity contribution in [3.05, 3.63) is 77.6 Å². The molecule has 0 spiro atoms. The molecule has 1 aromatic heterocycles. The monoisotopic (exact) mass is 474 g/mol. The van der Waals surface area contributed by atoms with Crippen molar-refractivity contribution in [3.8, 4) is 0 Å². The molecule has 34 heavy (non-hydrogen) atoms. The summed E-state index contributed by atoms with van der Waals surface area (Å²) in [5.41, 5.74) is 0.936. The first-order valence-electron chi connectivity index (χ1n) is 10.9. The van der Waals surface area contributed by atoms with Crippen molar-refractivity contribution in [2.45, 2.75) is 24.7 Å². The molecule has 0 aliphatic carbocycles. The van der Waals surface area contributed by atoms with Crippen LogP contribution in [0.2, 0.25) is 0 Å². The third-order valence-corrected chi connectivity index (χ3v) is 5.84. The first-order valence-corrected chi connectivity index (χ1v) is 10.9. The van der Waals surface area contributed by atoms with E-state index in [1.54, 1.807) is 0 Å². The first kappa shape index (κ1) is 23.8. The van der Waals surface area contributed by atoms with Crippen LogP contribution in [-0.2, 0) is 22.1 Å². The van der Waals surface area contributed by atoms with Crippen molar-refractivity contribution in [3.63, 3.8) is 0 Å². The molecule has 180 valence electrons. The van der Waals surface area contributed by atoms with Crippen molar-refractivity contribution in [2.75, 3.05) is 32.8 Å². The predicted octanol–water partition coefficient (Wildman–Crippen LogP) is 2.67. The van der Waals surface area contributed by atoms with E-state index < -0.39 is 17.8 Å². The van der Waals surface area contributed by atoms with Gasteiger partial charge >= 0.3 is 6.18 Å². The zero-order valence-electron chi connectivity index (χ0n) is 18.4. The number of halogens is 3. The average Bonchev–Trinajstić information content (AvgIpc) is 3.38. The second-order valence-corrected chi connectivity index (χ2v) is 8.02. The molecular weight excluding hydrogens is 449 g/mol. The Morgan fingerprint density at radius 2 is 1.76 bits per heavy atom. The lowest BCUT2D eigenvalue weighted by Crippen LogP contribution is -2.45. The molecule has 2 heterocycles. The number of nitrogens with one attached hydrogen (secondary N) is 1. The summed E-state index contributed by atoms with van der Waals surface area (Å²) in [6, 6.07) is 13.6. The Bertz CT molecular complexity index is 1040. The minimum Gasteiger partial charge on any atom is -0.379 e. The van der Waals surface area contributed by atoms with Gasteiger partial charge in [-0.25, -0.2) is 4.68 Å². The number of amides is 1. The lowest BCUT2D eigenvalue weighted by molar-refractivity contribution is -0.137. The molecule has 3 aromatic rings. The maximum Gasteiger partial charge on any atom is 0.416 e. The van der Waals surface area contributed by atoms with Gasteiger partial charge in [0.15, 0.2) is 0 Å². The zero-order valence-corrected chi connectivity index (χ0v) is 18.4. The maximum absolute atomic E-state index is 13.2. The number of carbonyl (C=O) groups is 1. The van der Waals surface area contributed by atoms with Crippen LogP contribution in [0.1, 0.15) is 28.8 Å². The molecule has 1 aliphatic rings. The number of benzene rings is 2.